The molecule has 0 saturated carbocycles. The number of hydrogen-bond acceptors (Lipinski definition) is 5. The van der Waals surface area contributed by atoms with Gasteiger partial charge in [0.25, 0.3) is 11.8 Å². The number of aromatic nitrogens is 2. The number of phenolic OH excluding ortho intramolecular Hbond substituents is 1. The summed E-state index contributed by atoms with van der Waals surface area (Å²) in [4.78, 5) is 0. The molecule has 0 unspecified atom stereocenters. The van der Waals surface area contributed by atoms with Crippen molar-refractivity contribution >= 4 is 22.4 Å². The zero-order chi connectivity index (χ0) is 10.5. The van der Waals surface area contributed by atoms with Gasteiger partial charge in [-0.25, -0.2) is 4.73 Å². The first-order valence-corrected chi connectivity index (χ1v) is 3.72. The lowest BCUT2D eigenvalue weighted by molar-refractivity contribution is -0.579. The molecular formula is C7H8N4O3. The smallest absolute Gasteiger partial charge is 0.288 e. The van der Waals surface area contributed by atoms with E-state index in [1.807, 2.05) is 0 Å². The van der Waals surface area contributed by atoms with Crippen LogP contribution < -0.4 is 16.2 Å². The van der Waals surface area contributed by atoms with Crippen molar-refractivity contribution < 1.29 is 15.0 Å². The number of rotatable bonds is 0. The molecule has 0 aliphatic carbocycles. The number of imidazole rings is 1. The predicted octanol–water partition coefficient (Wildman–Crippen LogP) is -0.618. The van der Waals surface area contributed by atoms with Crippen LogP contribution in [-0.2, 0) is 0 Å². The van der Waals surface area contributed by atoms with Gasteiger partial charge in [-0.15, -0.1) is 0 Å². The Kier molecular flexibility index (Phi) is 1.39. The molecule has 0 bridgehead atoms. The third-order valence-corrected chi connectivity index (χ3v) is 1.99. The summed E-state index contributed by atoms with van der Waals surface area (Å²) in [6, 6.07) is 1.17. The molecule has 0 aliphatic rings. The lowest BCUT2D eigenvalue weighted by Gasteiger charge is -2.03. The minimum atomic E-state index is -0.302. The molecule has 0 saturated heterocycles. The summed E-state index contributed by atoms with van der Waals surface area (Å²) in [5.41, 5.74) is 11.0. The quantitative estimate of drug-likeness (QED) is 0.147. The van der Waals surface area contributed by atoms with Gasteiger partial charge in [-0.1, -0.05) is 0 Å². The zero-order valence-corrected chi connectivity index (χ0v) is 7.01. The molecule has 14 heavy (non-hydrogen) atoms. The Morgan fingerprint density at radius 3 is 2.71 bits per heavy atom. The molecular weight excluding hydrogens is 188 g/mol. The fourth-order valence-electron chi connectivity index (χ4n) is 1.34. The van der Waals surface area contributed by atoms with Crippen LogP contribution in [0, 0.1) is 5.21 Å². The number of phenols is 1. The average molecular weight is 196 g/mol. The molecule has 0 spiro atoms. The first-order valence-electron chi connectivity index (χ1n) is 3.72. The van der Waals surface area contributed by atoms with Crippen molar-refractivity contribution in [2.45, 2.75) is 0 Å². The van der Waals surface area contributed by atoms with Crippen molar-refractivity contribution in [2.24, 2.45) is 0 Å². The van der Waals surface area contributed by atoms with Gasteiger partial charge in [-0.05, 0) is 4.73 Å². The lowest BCUT2D eigenvalue weighted by atomic mass is 10.2. The third-order valence-electron chi connectivity index (χ3n) is 1.99. The molecule has 0 amide bonds. The summed E-state index contributed by atoms with van der Waals surface area (Å²) in [7, 11) is 0. The summed E-state index contributed by atoms with van der Waals surface area (Å²) in [6.07, 6.45) is 0.834. The summed E-state index contributed by atoms with van der Waals surface area (Å²) < 4.78 is 0.828. The van der Waals surface area contributed by atoms with Crippen LogP contribution in [0.25, 0.3) is 11.0 Å². The molecule has 6 N–H and O–H groups in total. The highest BCUT2D eigenvalue weighted by Gasteiger charge is 2.20. The molecule has 2 aromatic rings. The van der Waals surface area contributed by atoms with Gasteiger partial charge in [0.15, 0.2) is 5.75 Å². The van der Waals surface area contributed by atoms with E-state index in [-0.39, 0.29) is 28.2 Å². The maximum absolute atomic E-state index is 11.2. The predicted molar refractivity (Wildman–Crippen MR) is 48.6 cm³/mol. The van der Waals surface area contributed by atoms with E-state index in [2.05, 4.69) is 0 Å². The molecule has 1 aromatic heterocycles. The summed E-state index contributed by atoms with van der Waals surface area (Å²) in [5.74, 6) is -0.302. The second kappa shape index (κ2) is 2.34. The molecule has 0 atom stereocenters. The van der Waals surface area contributed by atoms with E-state index in [1.54, 1.807) is 0 Å². The van der Waals surface area contributed by atoms with E-state index in [9.17, 15) is 15.5 Å². The number of nitrogens with zero attached hydrogens (tertiary/aromatic N) is 2. The van der Waals surface area contributed by atoms with Gasteiger partial charge >= 0.3 is 0 Å². The van der Waals surface area contributed by atoms with Crippen molar-refractivity contribution in [3.05, 3.63) is 17.6 Å². The van der Waals surface area contributed by atoms with Crippen molar-refractivity contribution in [3.63, 3.8) is 0 Å². The monoisotopic (exact) mass is 196 g/mol. The van der Waals surface area contributed by atoms with Crippen LogP contribution in [0.3, 0.4) is 0 Å². The minimum Gasteiger partial charge on any atom is -0.710 e. The molecule has 1 heterocycles. The Labute approximate surface area is 77.9 Å². The minimum absolute atomic E-state index is 0.0283. The molecule has 0 radical (unpaired) electrons. The summed E-state index contributed by atoms with van der Waals surface area (Å²) in [5, 5.41) is 29.8. The maximum atomic E-state index is 11.2. The molecule has 74 valence electrons. The fraction of sp³-hybridized carbons (Fsp3) is 0. The van der Waals surface area contributed by atoms with Crippen molar-refractivity contribution in [1.82, 2.24) is 4.73 Å². The third kappa shape index (κ3) is 0.830. The second-order valence-electron chi connectivity index (χ2n) is 2.88. The molecule has 7 heteroatoms. The highest BCUT2D eigenvalue weighted by atomic mass is 16.5. The van der Waals surface area contributed by atoms with Gasteiger partial charge in [0.1, 0.15) is 5.69 Å². The number of nitrogen functional groups attached to an aromatic ring is 2. The molecule has 7 nitrogen and oxygen atoms in total. The van der Waals surface area contributed by atoms with Crippen LogP contribution in [0.4, 0.5) is 11.4 Å². The Hall–Kier alpha value is -2.31. The SMILES string of the molecule is Nc1cc(O)c2c(c1N)[n+]([O-])cn2O. The van der Waals surface area contributed by atoms with Crippen molar-refractivity contribution in [1.29, 1.82) is 0 Å². The number of aromatic hydroxyl groups is 1. The molecule has 0 fully saturated rings. The zero-order valence-electron chi connectivity index (χ0n) is 7.01. The van der Waals surface area contributed by atoms with Crippen LogP contribution in [0.1, 0.15) is 0 Å². The van der Waals surface area contributed by atoms with Crippen LogP contribution in [0.2, 0.25) is 0 Å². The average Bonchev–Trinajstić information content (AvgIpc) is 2.38. The first-order chi connectivity index (χ1) is 6.52. The Morgan fingerprint density at radius 1 is 1.43 bits per heavy atom. The molecule has 0 aliphatic heterocycles. The maximum Gasteiger partial charge on any atom is 0.288 e. The Morgan fingerprint density at radius 2 is 2.07 bits per heavy atom. The normalized spacial score (nSPS) is 10.9. The number of nitrogens with two attached hydrogens (primary N) is 2. The van der Waals surface area contributed by atoms with Crippen molar-refractivity contribution in [2.75, 3.05) is 11.5 Å². The van der Waals surface area contributed by atoms with E-state index in [4.69, 9.17) is 11.5 Å². The van der Waals surface area contributed by atoms with Gasteiger partial charge < -0.3 is 27.0 Å². The summed E-state index contributed by atoms with van der Waals surface area (Å²) >= 11 is 0. The fourth-order valence-corrected chi connectivity index (χ4v) is 1.34. The van der Waals surface area contributed by atoms with Gasteiger partial charge in [0.05, 0.1) is 5.69 Å². The number of benzene rings is 1. The van der Waals surface area contributed by atoms with Crippen LogP contribution in [0.5, 0.6) is 5.75 Å². The van der Waals surface area contributed by atoms with E-state index < -0.39 is 0 Å². The Bertz CT molecular complexity index is 519. The molecule has 2 rings (SSSR count). The standard InChI is InChI=1S/C7H8N4O3/c8-3-1-4(12)6-7(5(3)9)11(14)2-10(6)13/h1-2,12-13H,8-9H2. The van der Waals surface area contributed by atoms with E-state index in [0.717, 1.165) is 6.33 Å². The van der Waals surface area contributed by atoms with Gasteiger partial charge in [-0.2, -0.15) is 0 Å². The van der Waals surface area contributed by atoms with Crippen molar-refractivity contribution in [3.8, 4) is 5.75 Å². The van der Waals surface area contributed by atoms with Crippen LogP contribution >= 0.6 is 0 Å². The van der Waals surface area contributed by atoms with Gasteiger partial charge in [0, 0.05) is 6.07 Å². The number of fused-ring (bicyclic) bond motifs is 1. The molecule has 1 aromatic carbocycles. The highest BCUT2D eigenvalue weighted by molar-refractivity contribution is 5.95. The first kappa shape index (κ1) is 8.30. The largest absolute Gasteiger partial charge is 0.710 e. The second-order valence-corrected chi connectivity index (χ2v) is 2.88. The topological polar surface area (TPSA) is 124 Å². The van der Waals surface area contributed by atoms with E-state index in [0.29, 0.717) is 9.46 Å². The summed E-state index contributed by atoms with van der Waals surface area (Å²) in [6.45, 7) is 0. The van der Waals surface area contributed by atoms with E-state index in [1.165, 1.54) is 6.07 Å². The van der Waals surface area contributed by atoms with E-state index >= 15 is 0 Å². The van der Waals surface area contributed by atoms with Gasteiger partial charge in [-0.3, -0.25) is 0 Å². The highest BCUT2D eigenvalue weighted by Crippen LogP contribution is 2.31. The Balaban J connectivity index is 3.05. The number of anilines is 2. The van der Waals surface area contributed by atoms with Gasteiger partial charge in [0.2, 0.25) is 5.52 Å². The van der Waals surface area contributed by atoms with Crippen LogP contribution in [-0.4, -0.2) is 15.0 Å². The number of hydrogen-bond donors (Lipinski definition) is 4. The lowest BCUT2D eigenvalue weighted by Crippen LogP contribution is -2.24. The van der Waals surface area contributed by atoms with Crippen LogP contribution in [0.15, 0.2) is 12.4 Å².